The highest BCUT2D eigenvalue weighted by molar-refractivity contribution is 7.93. The molecule has 0 aliphatic heterocycles. The minimum atomic E-state index is -4.14. The van der Waals surface area contributed by atoms with Crippen LogP contribution in [0.15, 0.2) is 76.5 Å². The first-order valence-corrected chi connectivity index (χ1v) is 11.6. The van der Waals surface area contributed by atoms with Crippen LogP contribution in [0.1, 0.15) is 5.56 Å². The monoisotopic (exact) mass is 465 g/mol. The van der Waals surface area contributed by atoms with Gasteiger partial charge in [0.25, 0.3) is 20.0 Å². The van der Waals surface area contributed by atoms with Crippen molar-refractivity contribution in [1.29, 1.82) is 5.26 Å². The van der Waals surface area contributed by atoms with Crippen molar-refractivity contribution in [3.63, 3.8) is 0 Å². The summed E-state index contributed by atoms with van der Waals surface area (Å²) in [5.41, 5.74) is 0.0388. The molecule has 30 heavy (non-hydrogen) atoms. The first-order valence-electron chi connectivity index (χ1n) is 8.22. The summed E-state index contributed by atoms with van der Waals surface area (Å²) in [5, 5.41) is 8.88. The summed E-state index contributed by atoms with van der Waals surface area (Å²) in [6.07, 6.45) is 0. The standard InChI is InChI=1S/C19H13ClFN3O4S2/c20-17-11-16(8-5-13(17)12-22)30(27,28)24-19-4-2-1-3-18(19)23-29(25,26)15-9-6-14(21)7-10-15/h1-11,23-24H. The second-order valence-corrected chi connectivity index (χ2v) is 9.74. The van der Waals surface area contributed by atoms with Gasteiger partial charge in [0.2, 0.25) is 0 Å². The molecule has 0 amide bonds. The topological polar surface area (TPSA) is 116 Å². The van der Waals surface area contributed by atoms with Crippen LogP contribution in [0.25, 0.3) is 0 Å². The smallest absolute Gasteiger partial charge is 0.262 e. The average molecular weight is 466 g/mol. The fraction of sp³-hybridized carbons (Fsp3) is 0. The number of anilines is 2. The Morgan fingerprint density at radius 3 is 1.80 bits per heavy atom. The SMILES string of the molecule is N#Cc1ccc(S(=O)(=O)Nc2ccccc2NS(=O)(=O)c2ccc(F)cc2)cc1Cl. The Labute approximate surface area is 177 Å². The largest absolute Gasteiger partial charge is 0.277 e. The minimum absolute atomic E-state index is 0.0364. The fourth-order valence-corrected chi connectivity index (χ4v) is 4.91. The van der Waals surface area contributed by atoms with E-state index in [0.717, 1.165) is 30.3 Å². The van der Waals surface area contributed by atoms with E-state index in [2.05, 4.69) is 9.44 Å². The molecule has 0 aliphatic rings. The second-order valence-electron chi connectivity index (χ2n) is 5.96. The van der Waals surface area contributed by atoms with Crippen molar-refractivity contribution in [3.05, 3.63) is 83.1 Å². The van der Waals surface area contributed by atoms with Gasteiger partial charge in [-0.1, -0.05) is 23.7 Å². The van der Waals surface area contributed by atoms with Gasteiger partial charge >= 0.3 is 0 Å². The zero-order valence-electron chi connectivity index (χ0n) is 15.0. The molecule has 0 aromatic heterocycles. The van der Waals surface area contributed by atoms with E-state index in [0.29, 0.717) is 0 Å². The number of halogens is 2. The van der Waals surface area contributed by atoms with Crippen molar-refractivity contribution in [2.45, 2.75) is 9.79 Å². The van der Waals surface area contributed by atoms with E-state index in [1.807, 2.05) is 6.07 Å². The molecule has 0 fully saturated rings. The molecule has 0 saturated carbocycles. The summed E-state index contributed by atoms with van der Waals surface area (Å²) in [4.78, 5) is -0.400. The first kappa shape index (κ1) is 21.6. The molecule has 0 unspecified atom stereocenters. The van der Waals surface area contributed by atoms with Gasteiger partial charge in [0, 0.05) is 0 Å². The fourth-order valence-electron chi connectivity index (χ4n) is 2.44. The Morgan fingerprint density at radius 1 is 0.800 bits per heavy atom. The van der Waals surface area contributed by atoms with Crippen LogP contribution in [0.3, 0.4) is 0 Å². The van der Waals surface area contributed by atoms with Crippen LogP contribution < -0.4 is 9.44 Å². The molecule has 3 aromatic carbocycles. The minimum Gasteiger partial charge on any atom is -0.277 e. The molecule has 0 saturated heterocycles. The maximum Gasteiger partial charge on any atom is 0.262 e. The van der Waals surface area contributed by atoms with Gasteiger partial charge in [-0.25, -0.2) is 21.2 Å². The van der Waals surface area contributed by atoms with Gasteiger partial charge < -0.3 is 0 Å². The number of para-hydroxylation sites is 2. The molecular formula is C19H13ClFN3O4S2. The maximum atomic E-state index is 13.1. The highest BCUT2D eigenvalue weighted by Crippen LogP contribution is 2.28. The summed E-state index contributed by atoms with van der Waals surface area (Å²) in [7, 11) is -8.23. The average Bonchev–Trinajstić information content (AvgIpc) is 2.69. The van der Waals surface area contributed by atoms with E-state index >= 15 is 0 Å². The van der Waals surface area contributed by atoms with Crippen LogP contribution in [-0.2, 0) is 20.0 Å². The molecule has 2 N–H and O–H groups in total. The lowest BCUT2D eigenvalue weighted by atomic mass is 10.2. The molecule has 0 spiro atoms. The Hall–Kier alpha value is -3.13. The Morgan fingerprint density at radius 2 is 1.30 bits per heavy atom. The number of nitriles is 1. The Bertz CT molecular complexity index is 1350. The predicted octanol–water partition coefficient (Wildman–Crippen LogP) is 3.95. The molecule has 0 heterocycles. The molecule has 0 bridgehead atoms. The van der Waals surface area contributed by atoms with Crippen LogP contribution >= 0.6 is 11.6 Å². The highest BCUT2D eigenvalue weighted by atomic mass is 35.5. The highest BCUT2D eigenvalue weighted by Gasteiger charge is 2.20. The number of nitrogens with one attached hydrogen (secondary N) is 2. The maximum absolute atomic E-state index is 13.1. The van der Waals surface area contributed by atoms with E-state index < -0.39 is 25.9 Å². The van der Waals surface area contributed by atoms with E-state index in [4.69, 9.17) is 16.9 Å². The van der Waals surface area contributed by atoms with Crippen molar-refractivity contribution >= 4 is 43.0 Å². The van der Waals surface area contributed by atoms with Crippen molar-refractivity contribution in [1.82, 2.24) is 0 Å². The lowest BCUT2D eigenvalue weighted by Crippen LogP contribution is -2.17. The molecule has 11 heteroatoms. The predicted molar refractivity (Wildman–Crippen MR) is 111 cm³/mol. The van der Waals surface area contributed by atoms with Gasteiger partial charge in [0.15, 0.2) is 0 Å². The molecule has 3 aromatic rings. The lowest BCUT2D eigenvalue weighted by Gasteiger charge is -2.15. The van der Waals surface area contributed by atoms with Crippen LogP contribution in [0.2, 0.25) is 5.02 Å². The Balaban J connectivity index is 1.93. The van der Waals surface area contributed by atoms with E-state index in [1.165, 1.54) is 36.4 Å². The van der Waals surface area contributed by atoms with Gasteiger partial charge in [0.05, 0.1) is 31.8 Å². The molecule has 3 rings (SSSR count). The van der Waals surface area contributed by atoms with Gasteiger partial charge in [0.1, 0.15) is 11.9 Å². The molecule has 0 atom stereocenters. The van der Waals surface area contributed by atoms with Crippen molar-refractivity contribution < 1.29 is 21.2 Å². The zero-order chi connectivity index (χ0) is 21.9. The quantitative estimate of drug-likeness (QED) is 0.571. The summed E-state index contributed by atoms with van der Waals surface area (Å²) < 4.78 is 68.2. The number of hydrogen-bond donors (Lipinski definition) is 2. The molecule has 154 valence electrons. The van der Waals surface area contributed by atoms with Crippen molar-refractivity contribution in [2.75, 3.05) is 9.44 Å². The molecular weight excluding hydrogens is 453 g/mol. The number of hydrogen-bond acceptors (Lipinski definition) is 5. The van der Waals surface area contributed by atoms with Crippen molar-refractivity contribution in [3.8, 4) is 6.07 Å². The van der Waals surface area contributed by atoms with E-state index in [1.54, 1.807) is 0 Å². The summed E-state index contributed by atoms with van der Waals surface area (Å²) in [6, 6.07) is 15.3. The van der Waals surface area contributed by atoms with Gasteiger partial charge in [-0.15, -0.1) is 0 Å². The number of benzene rings is 3. The Kier molecular flexibility index (Phi) is 5.98. The first-order chi connectivity index (χ1) is 14.1. The van der Waals surface area contributed by atoms with Crippen LogP contribution in [-0.4, -0.2) is 16.8 Å². The van der Waals surface area contributed by atoms with Crippen molar-refractivity contribution in [2.24, 2.45) is 0 Å². The van der Waals surface area contributed by atoms with Crippen LogP contribution in [0, 0.1) is 17.1 Å². The van der Waals surface area contributed by atoms with Gasteiger partial charge in [-0.3, -0.25) is 9.44 Å². The third-order valence-electron chi connectivity index (χ3n) is 3.91. The van der Waals surface area contributed by atoms with E-state index in [9.17, 15) is 21.2 Å². The number of sulfonamides is 2. The van der Waals surface area contributed by atoms with Gasteiger partial charge in [-0.05, 0) is 54.6 Å². The third-order valence-corrected chi connectivity index (χ3v) is 6.97. The number of rotatable bonds is 6. The lowest BCUT2D eigenvalue weighted by molar-refractivity contribution is 0.598. The molecule has 0 aliphatic carbocycles. The summed E-state index contributed by atoms with van der Waals surface area (Å²) in [5.74, 6) is -0.594. The number of nitrogens with zero attached hydrogens (tertiary/aromatic N) is 1. The van der Waals surface area contributed by atoms with Crippen LogP contribution in [0.5, 0.6) is 0 Å². The second kappa shape index (κ2) is 8.31. The zero-order valence-corrected chi connectivity index (χ0v) is 17.4. The third kappa shape index (κ3) is 4.71. The summed E-state index contributed by atoms with van der Waals surface area (Å²) >= 11 is 5.90. The molecule has 7 nitrogen and oxygen atoms in total. The normalized spacial score (nSPS) is 11.5. The molecule has 0 radical (unpaired) electrons. The van der Waals surface area contributed by atoms with E-state index in [-0.39, 0.29) is 31.8 Å². The van der Waals surface area contributed by atoms with Crippen LogP contribution in [0.4, 0.5) is 15.8 Å². The van der Waals surface area contributed by atoms with Gasteiger partial charge in [-0.2, -0.15) is 5.26 Å². The summed E-state index contributed by atoms with van der Waals surface area (Å²) in [6.45, 7) is 0.